The number of rotatable bonds is 0. The summed E-state index contributed by atoms with van der Waals surface area (Å²) in [5, 5.41) is 20.0. The molecule has 4 rings (SSSR count). The molecule has 0 aromatic carbocycles. The molecule has 8 N–H and O–H groups in total. The van der Waals surface area contributed by atoms with E-state index in [1.165, 1.54) is 23.6 Å². The molecule has 0 saturated carbocycles. The van der Waals surface area contributed by atoms with E-state index in [0.717, 1.165) is 0 Å². The van der Waals surface area contributed by atoms with Crippen molar-refractivity contribution < 1.29 is 47.9 Å². The molecule has 4 heterocycles. The van der Waals surface area contributed by atoms with Crippen LogP contribution < -0.4 is 42.5 Å². The van der Waals surface area contributed by atoms with E-state index in [2.05, 4.69) is 42.5 Å². The molecule has 20 heteroatoms. The Hall–Kier alpha value is -5.30. The summed E-state index contributed by atoms with van der Waals surface area (Å²) < 4.78 is 0. The van der Waals surface area contributed by atoms with Gasteiger partial charge in [0.2, 0.25) is 59.1 Å². The van der Waals surface area contributed by atoms with Gasteiger partial charge in [-0.1, -0.05) is 0 Å². The van der Waals surface area contributed by atoms with Crippen molar-refractivity contribution in [2.24, 2.45) is 0 Å². The molecule has 0 radical (unpaired) electrons. The second-order valence-corrected chi connectivity index (χ2v) is 13.3. The van der Waals surface area contributed by atoms with Gasteiger partial charge in [0.1, 0.15) is 36.3 Å². The number of nitrogens with zero attached hydrogens (tertiary/aromatic N) is 2. The van der Waals surface area contributed by atoms with Crippen molar-refractivity contribution in [3.8, 4) is 0 Å². The Morgan fingerprint density at radius 1 is 0.462 bits per heavy atom. The smallest absolute Gasteiger partial charge is 0.245 e. The third kappa shape index (κ3) is 10.6. The van der Waals surface area contributed by atoms with Gasteiger partial charge in [0.15, 0.2) is 0 Å². The van der Waals surface area contributed by atoms with Crippen LogP contribution in [0.4, 0.5) is 0 Å². The van der Waals surface area contributed by atoms with E-state index in [-0.39, 0.29) is 38.9 Å². The summed E-state index contributed by atoms with van der Waals surface area (Å²) >= 11 is 0. The fourth-order valence-electron chi connectivity index (χ4n) is 6.59. The first-order chi connectivity index (χ1) is 24.7. The average Bonchev–Trinajstić information content (AvgIpc) is 3.80. The van der Waals surface area contributed by atoms with Gasteiger partial charge in [-0.15, -0.1) is 0 Å². The molecule has 2 bridgehead atoms. The third-order valence-electron chi connectivity index (χ3n) is 9.36. The van der Waals surface area contributed by atoms with Crippen molar-refractivity contribution in [1.82, 2.24) is 52.3 Å². The van der Waals surface area contributed by atoms with Crippen molar-refractivity contribution in [3.05, 3.63) is 0 Å². The fraction of sp³-hybridized carbons (Fsp3) is 0.688. The van der Waals surface area contributed by atoms with Crippen molar-refractivity contribution in [2.75, 3.05) is 39.3 Å². The number of carbonyl (C=O) groups is 10. The van der Waals surface area contributed by atoms with Crippen LogP contribution in [0.1, 0.15) is 65.2 Å². The largest absolute Gasteiger partial charge is 0.355 e. The molecule has 6 atom stereocenters. The summed E-state index contributed by atoms with van der Waals surface area (Å²) in [6.45, 7) is 1.77. The van der Waals surface area contributed by atoms with Gasteiger partial charge in [0.25, 0.3) is 0 Å². The number of nitrogens with one attached hydrogen (secondary N) is 8. The van der Waals surface area contributed by atoms with Crippen molar-refractivity contribution in [3.63, 3.8) is 0 Å². The van der Waals surface area contributed by atoms with Crippen LogP contribution in [0.2, 0.25) is 0 Å². The lowest BCUT2D eigenvalue weighted by Gasteiger charge is -2.29. The maximum absolute atomic E-state index is 13.5. The molecule has 52 heavy (non-hydrogen) atoms. The van der Waals surface area contributed by atoms with E-state index in [1.54, 1.807) is 0 Å². The molecule has 10 amide bonds. The topological polar surface area (TPSA) is 273 Å². The summed E-state index contributed by atoms with van der Waals surface area (Å²) in [7, 11) is 0. The molecule has 0 aromatic heterocycles. The number of fused-ring (bicyclic) bond motifs is 13. The van der Waals surface area contributed by atoms with Gasteiger partial charge in [-0.25, -0.2) is 0 Å². The molecule has 4 aliphatic heterocycles. The highest BCUT2D eigenvalue weighted by atomic mass is 16.2. The highest BCUT2D eigenvalue weighted by Crippen LogP contribution is 2.20. The first-order valence-corrected chi connectivity index (χ1v) is 17.6. The Balaban J connectivity index is 1.67. The summed E-state index contributed by atoms with van der Waals surface area (Å²) in [5.74, 6) is -6.93. The van der Waals surface area contributed by atoms with E-state index >= 15 is 0 Å². The van der Waals surface area contributed by atoms with Crippen LogP contribution in [0.15, 0.2) is 0 Å². The molecule has 20 nitrogen and oxygen atoms in total. The number of hydrogen-bond acceptors (Lipinski definition) is 10. The normalized spacial score (nSPS) is 30.2. The molecule has 0 aromatic rings. The Morgan fingerprint density at radius 3 is 1.48 bits per heavy atom. The minimum atomic E-state index is -1.54. The lowest BCUT2D eigenvalue weighted by atomic mass is 10.1. The van der Waals surface area contributed by atoms with Gasteiger partial charge in [0.05, 0.1) is 26.1 Å². The minimum absolute atomic E-state index is 0.0972. The van der Waals surface area contributed by atoms with Gasteiger partial charge in [-0.2, -0.15) is 0 Å². The van der Waals surface area contributed by atoms with E-state index in [4.69, 9.17) is 0 Å². The Kier molecular flexibility index (Phi) is 13.9. The molecule has 286 valence electrons. The quantitative estimate of drug-likeness (QED) is 0.117. The molecule has 0 aliphatic carbocycles. The lowest BCUT2D eigenvalue weighted by molar-refractivity contribution is -0.142. The van der Waals surface area contributed by atoms with Crippen molar-refractivity contribution >= 4 is 59.1 Å². The second kappa shape index (κ2) is 18.3. The summed E-state index contributed by atoms with van der Waals surface area (Å²) in [6.07, 6.45) is 1.68. The zero-order chi connectivity index (χ0) is 37.9. The molecule has 0 spiro atoms. The molecule has 4 aliphatic rings. The fourth-order valence-corrected chi connectivity index (χ4v) is 6.59. The van der Waals surface area contributed by atoms with E-state index in [9.17, 15) is 47.9 Å². The van der Waals surface area contributed by atoms with Gasteiger partial charge >= 0.3 is 0 Å². The maximum Gasteiger partial charge on any atom is 0.245 e. The predicted octanol–water partition coefficient (Wildman–Crippen LogP) is -5.00. The SMILES string of the molecule is C[C@@H]1NC(=O)[C@@H]2CCCCNC(=O)CNC(=O)C[C@H](NC(=O)CNC(=O)[C@@H]3CCCN3C1=O)C(=O)N[C@@H](C)C(=O)N1CCC[C@H]1C(=O)NCC(=O)N2. The molecule has 0 unspecified atom stereocenters. The average molecular weight is 733 g/mol. The molecular weight excluding hydrogens is 684 g/mol. The monoisotopic (exact) mass is 732 g/mol. The molecular formula is C32H48N10O10. The molecule has 4 saturated heterocycles. The van der Waals surface area contributed by atoms with Crippen LogP contribution in [0.5, 0.6) is 0 Å². The zero-order valence-corrected chi connectivity index (χ0v) is 29.3. The Labute approximate surface area is 300 Å². The van der Waals surface area contributed by atoms with Crippen LogP contribution in [0, 0.1) is 0 Å². The van der Waals surface area contributed by atoms with Crippen LogP contribution in [0.3, 0.4) is 0 Å². The first kappa shape index (κ1) is 39.5. The van der Waals surface area contributed by atoms with Gasteiger partial charge < -0.3 is 52.3 Å². The second-order valence-electron chi connectivity index (χ2n) is 13.3. The zero-order valence-electron chi connectivity index (χ0n) is 29.3. The summed E-state index contributed by atoms with van der Waals surface area (Å²) in [6, 6.07) is -6.91. The Bertz CT molecular complexity index is 1460. The van der Waals surface area contributed by atoms with Gasteiger partial charge in [0, 0.05) is 19.6 Å². The van der Waals surface area contributed by atoms with E-state index in [1.807, 2.05) is 0 Å². The molecule has 4 fully saturated rings. The maximum atomic E-state index is 13.5. The standard InChI is InChI=1S/C32H48N10O10/c1-17-31(51)41-11-5-9-22(41)30(50)36-16-26(46)40-20-13-23(43)34-14-24(44)33-10-4-3-7-19(27(47)37-17)39-25(45)15-35-29(49)21-8-6-12-42(21)32(52)18(2)38-28(20)48/h17-22H,3-16H2,1-2H3,(H,33,44)(H,34,43)(H,35,49)(H,36,50)(H,37,47)(H,38,48)(H,39,45)(H,40,46)/t17-,18-,19-,20-,21-,22-/m0/s1. The van der Waals surface area contributed by atoms with Crippen LogP contribution in [-0.4, -0.2) is 144 Å². The minimum Gasteiger partial charge on any atom is -0.355 e. The highest BCUT2D eigenvalue weighted by molar-refractivity contribution is 5.99. The van der Waals surface area contributed by atoms with Crippen LogP contribution >= 0.6 is 0 Å². The highest BCUT2D eigenvalue weighted by Gasteiger charge is 2.39. The summed E-state index contributed by atoms with van der Waals surface area (Å²) in [5.41, 5.74) is 0. The predicted molar refractivity (Wildman–Crippen MR) is 179 cm³/mol. The van der Waals surface area contributed by atoms with Crippen LogP contribution in [-0.2, 0) is 47.9 Å². The van der Waals surface area contributed by atoms with Crippen molar-refractivity contribution in [1.29, 1.82) is 0 Å². The number of hydrogen-bond donors (Lipinski definition) is 8. The van der Waals surface area contributed by atoms with Crippen LogP contribution in [0.25, 0.3) is 0 Å². The van der Waals surface area contributed by atoms with Gasteiger partial charge in [-0.05, 0) is 58.8 Å². The van der Waals surface area contributed by atoms with Crippen molar-refractivity contribution in [2.45, 2.75) is 101 Å². The summed E-state index contributed by atoms with van der Waals surface area (Å²) in [4.78, 5) is 134. The lowest BCUT2D eigenvalue weighted by Crippen LogP contribution is -2.58. The number of carbonyl (C=O) groups excluding carboxylic acids is 10. The first-order valence-electron chi connectivity index (χ1n) is 17.6. The van der Waals surface area contributed by atoms with E-state index < -0.39 is 121 Å². The third-order valence-corrected chi connectivity index (χ3v) is 9.36. The van der Waals surface area contributed by atoms with Gasteiger partial charge in [-0.3, -0.25) is 47.9 Å². The number of amides is 10. The van der Waals surface area contributed by atoms with E-state index in [0.29, 0.717) is 25.7 Å². The Morgan fingerprint density at radius 2 is 0.942 bits per heavy atom.